The van der Waals surface area contributed by atoms with Gasteiger partial charge in [-0.2, -0.15) is 4.98 Å². The Kier molecular flexibility index (Phi) is 4.84. The first-order chi connectivity index (χ1) is 15.4. The van der Waals surface area contributed by atoms with Crippen molar-refractivity contribution in [3.63, 3.8) is 0 Å². The fraction of sp³-hybridized carbons (Fsp3) is 0.0476. The summed E-state index contributed by atoms with van der Waals surface area (Å²) in [5.41, 5.74) is 7.53. The van der Waals surface area contributed by atoms with E-state index in [1.807, 2.05) is 12.1 Å². The third kappa shape index (κ3) is 3.37. The Morgan fingerprint density at radius 1 is 1.22 bits per heavy atom. The van der Waals surface area contributed by atoms with Crippen LogP contribution in [-0.4, -0.2) is 33.5 Å². The van der Waals surface area contributed by atoms with E-state index >= 15 is 0 Å². The monoisotopic (exact) mass is 468 g/mol. The van der Waals surface area contributed by atoms with Gasteiger partial charge in [0.05, 0.1) is 26.8 Å². The summed E-state index contributed by atoms with van der Waals surface area (Å²) in [5, 5.41) is 4.45. The minimum absolute atomic E-state index is 0.116. The maximum atomic E-state index is 13.0. The van der Waals surface area contributed by atoms with E-state index in [0.717, 1.165) is 5.39 Å². The lowest BCUT2D eigenvalue weighted by molar-refractivity contribution is 0.0931. The second kappa shape index (κ2) is 7.70. The Balaban J connectivity index is 1.45. The van der Waals surface area contributed by atoms with Crippen molar-refractivity contribution in [2.24, 2.45) is 5.73 Å². The second-order valence-electron chi connectivity index (χ2n) is 6.94. The number of nitrogens with one attached hydrogen (secondary N) is 2. The number of amides is 2. The van der Waals surface area contributed by atoms with Gasteiger partial charge in [-0.1, -0.05) is 29.3 Å². The van der Waals surface area contributed by atoms with Crippen molar-refractivity contribution in [3.8, 4) is 5.88 Å². The summed E-state index contributed by atoms with van der Waals surface area (Å²) in [6.45, 7) is -0.118. The number of hydrogen-bond acceptors (Lipinski definition) is 6. The molecule has 160 valence electrons. The van der Waals surface area contributed by atoms with Gasteiger partial charge in [-0.3, -0.25) is 14.5 Å². The molecule has 0 aliphatic carbocycles. The van der Waals surface area contributed by atoms with Gasteiger partial charge in [0.15, 0.2) is 6.73 Å². The Morgan fingerprint density at radius 2 is 2.00 bits per heavy atom. The van der Waals surface area contributed by atoms with Crippen LogP contribution in [0.3, 0.4) is 0 Å². The van der Waals surface area contributed by atoms with Gasteiger partial charge in [0, 0.05) is 23.5 Å². The number of primary amides is 1. The molecule has 0 spiro atoms. The van der Waals surface area contributed by atoms with Gasteiger partial charge >= 0.3 is 0 Å². The number of H-pyrrole nitrogens is 1. The van der Waals surface area contributed by atoms with E-state index in [9.17, 15) is 9.59 Å². The van der Waals surface area contributed by atoms with Crippen molar-refractivity contribution in [3.05, 3.63) is 70.0 Å². The van der Waals surface area contributed by atoms with Crippen LogP contribution in [0, 0.1) is 0 Å². The number of halogens is 2. The largest absolute Gasteiger partial charge is 0.455 e. The van der Waals surface area contributed by atoms with Gasteiger partial charge in [-0.25, -0.2) is 4.98 Å². The fourth-order valence-corrected chi connectivity index (χ4v) is 4.09. The molecule has 1 aliphatic rings. The van der Waals surface area contributed by atoms with Gasteiger partial charge in [-0.15, -0.1) is 0 Å². The molecular weight excluding hydrogens is 455 g/mol. The molecule has 0 bridgehead atoms. The number of hydrogen-bond donors (Lipinski definition) is 3. The van der Waals surface area contributed by atoms with Crippen LogP contribution in [0.5, 0.6) is 5.88 Å². The molecule has 0 unspecified atom stereocenters. The van der Waals surface area contributed by atoms with Gasteiger partial charge in [0.1, 0.15) is 5.56 Å². The second-order valence-corrected chi connectivity index (χ2v) is 7.76. The molecular formula is C21H14Cl2N6O3. The Bertz CT molecular complexity index is 1380. The Hall–Kier alpha value is -3.82. The molecule has 2 amide bonds. The number of fused-ring (bicyclic) bond motifs is 2. The van der Waals surface area contributed by atoms with Crippen molar-refractivity contribution < 1.29 is 14.3 Å². The summed E-state index contributed by atoms with van der Waals surface area (Å²) in [4.78, 5) is 37.6. The summed E-state index contributed by atoms with van der Waals surface area (Å²) >= 11 is 12.5. The minimum atomic E-state index is -0.570. The van der Waals surface area contributed by atoms with E-state index in [4.69, 9.17) is 33.7 Å². The molecule has 2 aromatic heterocycles. The lowest BCUT2D eigenvalue weighted by atomic mass is 10.1. The number of anilines is 3. The maximum Gasteiger partial charge on any atom is 0.268 e. The zero-order chi connectivity index (χ0) is 22.4. The van der Waals surface area contributed by atoms with E-state index in [2.05, 4.69) is 20.3 Å². The predicted octanol–water partition coefficient (Wildman–Crippen LogP) is 4.10. The number of nitrogens with two attached hydrogens (primary N) is 1. The third-order valence-electron chi connectivity index (χ3n) is 4.95. The van der Waals surface area contributed by atoms with Crippen molar-refractivity contribution in [2.45, 2.75) is 0 Å². The number of nitrogens with zero attached hydrogens (tertiary/aromatic N) is 3. The number of carbonyl (C=O) groups is 2. The standard InChI is InChI=1S/C21H14Cl2N6O3/c22-14-2-1-3-15(23)17(14)29-9-32-19-13(20(29)31)8-26-21(28-19)27-11-6-10-4-5-25-16(10)12(7-11)18(24)30/h1-8,25H,9H2,(H2,24,30)(H,26,27,28). The van der Waals surface area contributed by atoms with Crippen LogP contribution in [-0.2, 0) is 0 Å². The van der Waals surface area contributed by atoms with Crippen molar-refractivity contribution >= 4 is 63.2 Å². The Labute approximate surface area is 191 Å². The topological polar surface area (TPSA) is 126 Å². The first-order valence-electron chi connectivity index (χ1n) is 9.36. The lowest BCUT2D eigenvalue weighted by Gasteiger charge is -2.29. The van der Waals surface area contributed by atoms with Crippen molar-refractivity contribution in [1.82, 2.24) is 15.0 Å². The van der Waals surface area contributed by atoms with E-state index in [1.54, 1.807) is 30.5 Å². The molecule has 9 nitrogen and oxygen atoms in total. The average Bonchev–Trinajstić information content (AvgIpc) is 3.23. The van der Waals surface area contributed by atoms with E-state index in [0.29, 0.717) is 32.5 Å². The fourth-order valence-electron chi connectivity index (χ4n) is 3.49. The number of benzene rings is 2. The molecule has 0 saturated carbocycles. The molecule has 5 rings (SSSR count). The van der Waals surface area contributed by atoms with Crippen molar-refractivity contribution in [1.29, 1.82) is 0 Å². The molecule has 3 heterocycles. The summed E-state index contributed by atoms with van der Waals surface area (Å²) < 4.78 is 5.69. The molecule has 0 fully saturated rings. The van der Waals surface area contributed by atoms with Crippen LogP contribution >= 0.6 is 23.2 Å². The van der Waals surface area contributed by atoms with Crippen LogP contribution in [0.1, 0.15) is 20.7 Å². The number of para-hydroxylation sites is 1. The quantitative estimate of drug-likeness (QED) is 0.413. The van der Waals surface area contributed by atoms with Gasteiger partial charge < -0.3 is 20.8 Å². The molecule has 0 radical (unpaired) electrons. The number of rotatable bonds is 4. The van der Waals surface area contributed by atoms with Gasteiger partial charge in [0.25, 0.3) is 11.8 Å². The maximum absolute atomic E-state index is 13.0. The molecule has 0 saturated heterocycles. The van der Waals surface area contributed by atoms with E-state index < -0.39 is 11.8 Å². The highest BCUT2D eigenvalue weighted by molar-refractivity contribution is 6.40. The normalized spacial score (nSPS) is 13.1. The Morgan fingerprint density at radius 3 is 2.75 bits per heavy atom. The highest BCUT2D eigenvalue weighted by Gasteiger charge is 2.31. The first kappa shape index (κ1) is 20.1. The summed E-state index contributed by atoms with van der Waals surface area (Å²) in [7, 11) is 0. The number of carbonyl (C=O) groups excluding carboxylic acids is 2. The molecule has 32 heavy (non-hydrogen) atoms. The van der Waals surface area contributed by atoms with E-state index in [1.165, 1.54) is 11.1 Å². The van der Waals surface area contributed by atoms with Crippen LogP contribution in [0.4, 0.5) is 17.3 Å². The first-order valence-corrected chi connectivity index (χ1v) is 10.1. The summed E-state index contributed by atoms with van der Waals surface area (Å²) in [5.74, 6) is -0.659. The molecule has 0 atom stereocenters. The molecule has 4 N–H and O–H groups in total. The lowest BCUT2D eigenvalue weighted by Crippen LogP contribution is -2.39. The number of aromatic amines is 1. The van der Waals surface area contributed by atoms with Crippen LogP contribution in [0.15, 0.2) is 48.8 Å². The zero-order valence-corrected chi connectivity index (χ0v) is 17.7. The SMILES string of the molecule is NC(=O)c1cc(Nc2ncc3c(n2)OCN(c2c(Cl)cccc2Cl)C3=O)cc2cc[nH]c12. The van der Waals surface area contributed by atoms with Crippen molar-refractivity contribution in [2.75, 3.05) is 16.9 Å². The summed E-state index contributed by atoms with van der Waals surface area (Å²) in [6, 6.07) is 10.2. The highest BCUT2D eigenvalue weighted by atomic mass is 35.5. The molecule has 11 heteroatoms. The third-order valence-corrected chi connectivity index (χ3v) is 5.56. The number of ether oxygens (including phenoxy) is 1. The zero-order valence-electron chi connectivity index (χ0n) is 16.2. The van der Waals surface area contributed by atoms with Gasteiger partial charge in [-0.05, 0) is 30.3 Å². The smallest absolute Gasteiger partial charge is 0.268 e. The predicted molar refractivity (Wildman–Crippen MR) is 121 cm³/mol. The summed E-state index contributed by atoms with van der Waals surface area (Å²) in [6.07, 6.45) is 3.07. The van der Waals surface area contributed by atoms with Gasteiger partial charge in [0.2, 0.25) is 11.8 Å². The average molecular weight is 469 g/mol. The molecule has 2 aromatic carbocycles. The van der Waals surface area contributed by atoms with Crippen LogP contribution < -0.4 is 20.7 Å². The highest BCUT2D eigenvalue weighted by Crippen LogP contribution is 2.37. The minimum Gasteiger partial charge on any atom is -0.455 e. The van der Waals surface area contributed by atoms with E-state index in [-0.39, 0.29) is 24.1 Å². The molecule has 4 aromatic rings. The number of aromatic nitrogens is 3. The molecule has 1 aliphatic heterocycles. The van der Waals surface area contributed by atoms with Crippen LogP contribution in [0.25, 0.3) is 10.9 Å². The van der Waals surface area contributed by atoms with Crippen LogP contribution in [0.2, 0.25) is 10.0 Å².